The van der Waals surface area contributed by atoms with Crippen LogP contribution in [0, 0.1) is 0 Å². The molecule has 1 spiro atoms. The van der Waals surface area contributed by atoms with Gasteiger partial charge in [-0.2, -0.15) is 4.98 Å². The molecule has 3 rings (SSSR count). The molecule has 0 amide bonds. The number of ether oxygens (including phenoxy) is 2. The fourth-order valence-corrected chi connectivity index (χ4v) is 2.72. The van der Waals surface area contributed by atoms with Gasteiger partial charge in [0.25, 0.3) is 0 Å². The van der Waals surface area contributed by atoms with Gasteiger partial charge in [0.15, 0.2) is 11.6 Å². The minimum atomic E-state index is -0.332. The first-order valence-electron chi connectivity index (χ1n) is 7.05. The van der Waals surface area contributed by atoms with Crippen molar-refractivity contribution in [3.63, 3.8) is 0 Å². The molecular weight excluding hydrogens is 246 g/mol. The zero-order valence-electron chi connectivity index (χ0n) is 11.6. The number of piperidine rings is 1. The number of nitrogens with zero attached hydrogens (tertiary/aromatic N) is 3. The third-order valence-electron chi connectivity index (χ3n) is 3.79. The lowest BCUT2D eigenvalue weighted by atomic mass is 10.0. The van der Waals surface area contributed by atoms with Gasteiger partial charge < -0.3 is 14.0 Å². The van der Waals surface area contributed by atoms with E-state index in [0.29, 0.717) is 12.5 Å². The minimum absolute atomic E-state index is 0.218. The lowest BCUT2D eigenvalue weighted by Crippen LogP contribution is -2.45. The standard InChI is InChI=1S/C13H21N3O3/c1-3-12-14-11(15-19-12)8-16-6-4-13(5-7-16)17-9-10(2)18-13/h10H,3-9H2,1-2H3. The van der Waals surface area contributed by atoms with E-state index in [4.69, 9.17) is 14.0 Å². The van der Waals surface area contributed by atoms with Crippen molar-refractivity contribution in [1.82, 2.24) is 15.0 Å². The van der Waals surface area contributed by atoms with Crippen LogP contribution in [0.25, 0.3) is 0 Å². The molecule has 1 unspecified atom stereocenters. The Bertz CT molecular complexity index is 427. The maximum atomic E-state index is 5.91. The average molecular weight is 267 g/mol. The summed E-state index contributed by atoms with van der Waals surface area (Å²) in [6, 6.07) is 0. The Morgan fingerprint density at radius 1 is 1.37 bits per heavy atom. The third kappa shape index (κ3) is 2.80. The van der Waals surface area contributed by atoms with Crippen LogP contribution in [0.5, 0.6) is 0 Å². The van der Waals surface area contributed by atoms with Crippen LogP contribution in [-0.4, -0.2) is 46.6 Å². The molecule has 0 saturated carbocycles. The van der Waals surface area contributed by atoms with E-state index in [0.717, 1.165) is 44.7 Å². The molecule has 19 heavy (non-hydrogen) atoms. The second kappa shape index (κ2) is 5.19. The van der Waals surface area contributed by atoms with Crippen LogP contribution in [-0.2, 0) is 22.4 Å². The fourth-order valence-electron chi connectivity index (χ4n) is 2.72. The zero-order chi connectivity index (χ0) is 13.3. The molecule has 0 bridgehead atoms. The molecule has 6 nitrogen and oxygen atoms in total. The molecule has 0 aromatic carbocycles. The van der Waals surface area contributed by atoms with Gasteiger partial charge in [-0.25, -0.2) is 0 Å². The van der Waals surface area contributed by atoms with Crippen LogP contribution < -0.4 is 0 Å². The predicted molar refractivity (Wildman–Crippen MR) is 67.4 cm³/mol. The highest BCUT2D eigenvalue weighted by molar-refractivity contribution is 4.89. The zero-order valence-corrected chi connectivity index (χ0v) is 11.6. The lowest BCUT2D eigenvalue weighted by Gasteiger charge is -2.37. The van der Waals surface area contributed by atoms with Gasteiger partial charge in [0, 0.05) is 32.4 Å². The summed E-state index contributed by atoms with van der Waals surface area (Å²) >= 11 is 0. The maximum absolute atomic E-state index is 5.91. The molecule has 0 aliphatic carbocycles. The molecule has 2 aliphatic heterocycles. The van der Waals surface area contributed by atoms with Crippen LogP contribution in [0.2, 0.25) is 0 Å². The Balaban J connectivity index is 1.53. The number of hydrogen-bond acceptors (Lipinski definition) is 6. The summed E-state index contributed by atoms with van der Waals surface area (Å²) in [5, 5.41) is 3.99. The highest BCUT2D eigenvalue weighted by Gasteiger charge is 2.42. The Labute approximate surface area is 113 Å². The number of likely N-dealkylation sites (tertiary alicyclic amines) is 1. The minimum Gasteiger partial charge on any atom is -0.347 e. The largest absolute Gasteiger partial charge is 0.347 e. The predicted octanol–water partition coefficient (Wildman–Crippen LogP) is 1.36. The number of aromatic nitrogens is 2. The van der Waals surface area contributed by atoms with Crippen molar-refractivity contribution in [1.29, 1.82) is 0 Å². The molecule has 6 heteroatoms. The molecule has 0 radical (unpaired) electrons. The Morgan fingerprint density at radius 2 is 2.16 bits per heavy atom. The van der Waals surface area contributed by atoms with Crippen LogP contribution in [0.4, 0.5) is 0 Å². The van der Waals surface area contributed by atoms with Crippen molar-refractivity contribution < 1.29 is 14.0 Å². The van der Waals surface area contributed by atoms with Crippen LogP contribution in [0.3, 0.4) is 0 Å². The van der Waals surface area contributed by atoms with E-state index >= 15 is 0 Å². The monoisotopic (exact) mass is 267 g/mol. The molecule has 2 fully saturated rings. The second-order valence-corrected chi connectivity index (χ2v) is 5.38. The summed E-state index contributed by atoms with van der Waals surface area (Å²) in [6.07, 6.45) is 2.83. The van der Waals surface area contributed by atoms with Gasteiger partial charge in [0.05, 0.1) is 19.3 Å². The third-order valence-corrected chi connectivity index (χ3v) is 3.79. The summed E-state index contributed by atoms with van der Waals surface area (Å²) in [5.74, 6) is 1.15. The van der Waals surface area contributed by atoms with Gasteiger partial charge in [0.2, 0.25) is 5.89 Å². The first kappa shape index (κ1) is 13.0. The Kier molecular flexibility index (Phi) is 3.56. The molecule has 106 valence electrons. The van der Waals surface area contributed by atoms with E-state index < -0.39 is 0 Å². The lowest BCUT2D eigenvalue weighted by molar-refractivity contribution is -0.194. The molecular formula is C13H21N3O3. The molecule has 1 aromatic rings. The summed E-state index contributed by atoms with van der Waals surface area (Å²) < 4.78 is 16.9. The van der Waals surface area contributed by atoms with Crippen molar-refractivity contribution >= 4 is 0 Å². The second-order valence-electron chi connectivity index (χ2n) is 5.38. The summed E-state index contributed by atoms with van der Waals surface area (Å²) in [7, 11) is 0. The molecule has 3 heterocycles. The van der Waals surface area contributed by atoms with Crippen molar-refractivity contribution in [3.8, 4) is 0 Å². The van der Waals surface area contributed by atoms with Crippen molar-refractivity contribution in [2.75, 3.05) is 19.7 Å². The number of rotatable bonds is 3. The van der Waals surface area contributed by atoms with Gasteiger partial charge in [0.1, 0.15) is 0 Å². The smallest absolute Gasteiger partial charge is 0.226 e. The molecule has 1 aromatic heterocycles. The number of aryl methyl sites for hydroxylation is 1. The van der Waals surface area contributed by atoms with E-state index in [1.807, 2.05) is 6.92 Å². The fraction of sp³-hybridized carbons (Fsp3) is 0.846. The maximum Gasteiger partial charge on any atom is 0.226 e. The Morgan fingerprint density at radius 3 is 2.74 bits per heavy atom. The Hall–Kier alpha value is -0.980. The van der Waals surface area contributed by atoms with Crippen LogP contribution in [0.15, 0.2) is 4.52 Å². The van der Waals surface area contributed by atoms with E-state index in [1.54, 1.807) is 0 Å². The molecule has 0 N–H and O–H groups in total. The van der Waals surface area contributed by atoms with E-state index in [1.165, 1.54) is 0 Å². The molecule has 2 saturated heterocycles. The quantitative estimate of drug-likeness (QED) is 0.824. The summed E-state index contributed by atoms with van der Waals surface area (Å²) in [4.78, 5) is 6.67. The van der Waals surface area contributed by atoms with Gasteiger partial charge in [-0.05, 0) is 6.92 Å². The van der Waals surface area contributed by atoms with E-state index in [-0.39, 0.29) is 11.9 Å². The highest BCUT2D eigenvalue weighted by Crippen LogP contribution is 2.34. The van der Waals surface area contributed by atoms with Crippen molar-refractivity contribution in [3.05, 3.63) is 11.7 Å². The van der Waals surface area contributed by atoms with Gasteiger partial charge in [-0.1, -0.05) is 12.1 Å². The molecule has 1 atom stereocenters. The first-order valence-corrected chi connectivity index (χ1v) is 7.05. The van der Waals surface area contributed by atoms with Gasteiger partial charge in [-0.3, -0.25) is 4.90 Å². The van der Waals surface area contributed by atoms with E-state index in [9.17, 15) is 0 Å². The van der Waals surface area contributed by atoms with Crippen LogP contribution >= 0.6 is 0 Å². The number of hydrogen-bond donors (Lipinski definition) is 0. The van der Waals surface area contributed by atoms with Crippen molar-refractivity contribution in [2.24, 2.45) is 0 Å². The first-order chi connectivity index (χ1) is 9.19. The van der Waals surface area contributed by atoms with Gasteiger partial charge >= 0.3 is 0 Å². The van der Waals surface area contributed by atoms with Crippen LogP contribution in [0.1, 0.15) is 38.4 Å². The topological polar surface area (TPSA) is 60.6 Å². The van der Waals surface area contributed by atoms with E-state index in [2.05, 4.69) is 22.0 Å². The average Bonchev–Trinajstić information content (AvgIpc) is 3.00. The molecule has 2 aliphatic rings. The normalized spacial score (nSPS) is 27.2. The van der Waals surface area contributed by atoms with Gasteiger partial charge in [-0.15, -0.1) is 0 Å². The van der Waals surface area contributed by atoms with Crippen molar-refractivity contribution in [2.45, 2.75) is 51.5 Å². The highest BCUT2D eigenvalue weighted by atomic mass is 16.7. The summed E-state index contributed by atoms with van der Waals surface area (Å²) in [5.41, 5.74) is 0. The SMILES string of the molecule is CCc1nc(CN2CCC3(CC2)OCC(C)O3)no1. The summed E-state index contributed by atoms with van der Waals surface area (Å²) in [6.45, 7) is 7.43.